The first-order valence-electron chi connectivity index (χ1n) is 3.74. The SMILES string of the molecule is [N-]=[N+]=NC1(N=[N+]=[N-])CCN(C(=O)O)C1. The molecular formula is C5H7N7O2. The lowest BCUT2D eigenvalue weighted by molar-refractivity contribution is 0.153. The lowest BCUT2D eigenvalue weighted by Crippen LogP contribution is -2.32. The van der Waals surface area contributed by atoms with Crippen molar-refractivity contribution in [1.82, 2.24) is 4.90 Å². The van der Waals surface area contributed by atoms with Crippen LogP contribution in [-0.4, -0.2) is 34.9 Å². The second-order valence-corrected chi connectivity index (χ2v) is 2.82. The van der Waals surface area contributed by atoms with Gasteiger partial charge < -0.3 is 10.0 Å². The predicted molar refractivity (Wildman–Crippen MR) is 45.2 cm³/mol. The summed E-state index contributed by atoms with van der Waals surface area (Å²) in [5.74, 6) is 0. The summed E-state index contributed by atoms with van der Waals surface area (Å²) in [5.41, 5.74) is 15.2. The van der Waals surface area contributed by atoms with E-state index in [9.17, 15) is 4.79 Å². The van der Waals surface area contributed by atoms with Gasteiger partial charge in [-0.25, -0.2) is 4.79 Å². The molecule has 0 unspecified atom stereocenters. The van der Waals surface area contributed by atoms with Gasteiger partial charge in [-0.15, -0.1) is 0 Å². The van der Waals surface area contributed by atoms with Crippen molar-refractivity contribution in [3.05, 3.63) is 20.9 Å². The maximum absolute atomic E-state index is 10.6. The van der Waals surface area contributed by atoms with Gasteiger partial charge >= 0.3 is 6.09 Å². The smallest absolute Gasteiger partial charge is 0.407 e. The summed E-state index contributed by atoms with van der Waals surface area (Å²) in [6.07, 6.45) is -0.902. The largest absolute Gasteiger partial charge is 0.465 e. The van der Waals surface area contributed by atoms with Crippen molar-refractivity contribution < 1.29 is 9.90 Å². The van der Waals surface area contributed by atoms with Crippen LogP contribution in [0, 0.1) is 0 Å². The van der Waals surface area contributed by atoms with E-state index in [1.54, 1.807) is 0 Å². The van der Waals surface area contributed by atoms with Crippen molar-refractivity contribution >= 4 is 6.09 Å². The Bertz CT molecular complexity index is 322. The highest BCUT2D eigenvalue weighted by Gasteiger charge is 2.38. The summed E-state index contributed by atoms with van der Waals surface area (Å²) in [5, 5.41) is 15.3. The first-order valence-corrected chi connectivity index (χ1v) is 3.74. The minimum Gasteiger partial charge on any atom is -0.465 e. The Morgan fingerprint density at radius 2 is 2.00 bits per heavy atom. The van der Waals surface area contributed by atoms with Crippen LogP contribution in [0.5, 0.6) is 0 Å². The van der Waals surface area contributed by atoms with Crippen molar-refractivity contribution in [2.75, 3.05) is 13.1 Å². The minimum atomic E-state index is -1.29. The molecule has 1 amide bonds. The van der Waals surface area contributed by atoms with Gasteiger partial charge in [-0.2, -0.15) is 0 Å². The quantitative estimate of drug-likeness (QED) is 0.408. The summed E-state index contributed by atoms with van der Waals surface area (Å²) in [6.45, 7) is 0.115. The molecule has 0 aromatic heterocycles. The molecule has 1 heterocycles. The normalized spacial score (nSPS) is 25.0. The highest BCUT2D eigenvalue weighted by molar-refractivity contribution is 5.65. The molecule has 1 fully saturated rings. The Labute approximate surface area is 78.2 Å². The number of amides is 1. The van der Waals surface area contributed by atoms with E-state index in [2.05, 4.69) is 20.1 Å². The second-order valence-electron chi connectivity index (χ2n) is 2.82. The molecule has 0 aromatic carbocycles. The molecule has 1 saturated heterocycles. The van der Waals surface area contributed by atoms with Crippen LogP contribution in [0.2, 0.25) is 0 Å². The predicted octanol–water partition coefficient (Wildman–Crippen LogP) is 1.69. The van der Waals surface area contributed by atoms with Gasteiger partial charge in [0.15, 0.2) is 0 Å². The van der Waals surface area contributed by atoms with E-state index < -0.39 is 11.8 Å². The van der Waals surface area contributed by atoms with Gasteiger partial charge in [-0.1, -0.05) is 10.2 Å². The zero-order valence-corrected chi connectivity index (χ0v) is 7.11. The molecule has 0 saturated carbocycles. The molecule has 1 aliphatic heterocycles. The molecule has 9 nitrogen and oxygen atoms in total. The summed E-state index contributed by atoms with van der Waals surface area (Å²) >= 11 is 0. The molecule has 0 bridgehead atoms. The fraction of sp³-hybridized carbons (Fsp3) is 0.800. The number of carboxylic acid groups (broad SMARTS) is 1. The van der Waals surface area contributed by atoms with Crippen LogP contribution in [0.25, 0.3) is 20.9 Å². The van der Waals surface area contributed by atoms with Crippen molar-refractivity contribution in [3.8, 4) is 0 Å². The van der Waals surface area contributed by atoms with E-state index >= 15 is 0 Å². The maximum Gasteiger partial charge on any atom is 0.407 e. The Hall–Kier alpha value is -2.11. The fourth-order valence-electron chi connectivity index (χ4n) is 1.29. The molecule has 0 radical (unpaired) electrons. The zero-order chi connectivity index (χ0) is 10.6. The lowest BCUT2D eigenvalue weighted by Gasteiger charge is -2.15. The summed E-state index contributed by atoms with van der Waals surface area (Å²) < 4.78 is 0. The van der Waals surface area contributed by atoms with E-state index in [0.717, 1.165) is 4.90 Å². The Morgan fingerprint density at radius 1 is 1.43 bits per heavy atom. The molecule has 1 N–H and O–H groups in total. The minimum absolute atomic E-state index is 0.0869. The summed E-state index contributed by atoms with van der Waals surface area (Å²) in [7, 11) is 0. The molecule has 0 atom stereocenters. The first kappa shape index (κ1) is 9.97. The number of likely N-dealkylation sites (tertiary alicyclic amines) is 1. The fourth-order valence-corrected chi connectivity index (χ4v) is 1.29. The van der Waals surface area contributed by atoms with Gasteiger partial charge in [0, 0.05) is 22.9 Å². The standard InChI is InChI=1S/C5H7N7O2/c6-10-8-5(9-11-7)1-2-12(3-5)4(13)14/h1-3H2,(H,13,14). The topological polar surface area (TPSA) is 138 Å². The van der Waals surface area contributed by atoms with Crippen LogP contribution in [-0.2, 0) is 0 Å². The summed E-state index contributed by atoms with van der Waals surface area (Å²) in [6, 6.07) is 0. The van der Waals surface area contributed by atoms with Gasteiger partial charge in [0.25, 0.3) is 0 Å². The number of hydrogen-bond donors (Lipinski definition) is 1. The van der Waals surface area contributed by atoms with Crippen LogP contribution in [0.15, 0.2) is 10.2 Å². The summed E-state index contributed by atoms with van der Waals surface area (Å²) in [4.78, 5) is 16.7. The van der Waals surface area contributed by atoms with Gasteiger partial charge in [0.2, 0.25) is 0 Å². The number of hydrogen-bond acceptors (Lipinski definition) is 3. The second kappa shape index (κ2) is 3.73. The molecule has 0 aliphatic carbocycles. The van der Waals surface area contributed by atoms with E-state index in [-0.39, 0.29) is 19.5 Å². The van der Waals surface area contributed by atoms with E-state index in [1.165, 1.54) is 0 Å². The first-order chi connectivity index (χ1) is 6.63. The van der Waals surface area contributed by atoms with Crippen molar-refractivity contribution in [2.45, 2.75) is 12.1 Å². The van der Waals surface area contributed by atoms with Crippen LogP contribution in [0.1, 0.15) is 6.42 Å². The Morgan fingerprint density at radius 3 is 2.36 bits per heavy atom. The van der Waals surface area contributed by atoms with E-state index in [0.29, 0.717) is 0 Å². The number of rotatable bonds is 2. The van der Waals surface area contributed by atoms with Crippen molar-refractivity contribution in [3.63, 3.8) is 0 Å². The molecule has 0 spiro atoms. The zero-order valence-electron chi connectivity index (χ0n) is 7.11. The number of nitrogens with zero attached hydrogens (tertiary/aromatic N) is 7. The molecule has 74 valence electrons. The van der Waals surface area contributed by atoms with Gasteiger partial charge in [-0.05, 0) is 17.5 Å². The molecule has 1 aliphatic rings. The average molecular weight is 197 g/mol. The third-order valence-corrected chi connectivity index (χ3v) is 1.96. The van der Waals surface area contributed by atoms with E-state index in [1.807, 2.05) is 0 Å². The van der Waals surface area contributed by atoms with Crippen LogP contribution < -0.4 is 0 Å². The highest BCUT2D eigenvalue weighted by Crippen LogP contribution is 2.27. The van der Waals surface area contributed by atoms with Crippen LogP contribution >= 0.6 is 0 Å². The average Bonchev–Trinajstić information content (AvgIpc) is 2.51. The highest BCUT2D eigenvalue weighted by atomic mass is 16.4. The van der Waals surface area contributed by atoms with Gasteiger partial charge in [0.1, 0.15) is 5.66 Å². The molecule has 14 heavy (non-hydrogen) atoms. The molecular weight excluding hydrogens is 190 g/mol. The molecule has 0 aromatic rings. The van der Waals surface area contributed by atoms with Crippen molar-refractivity contribution in [1.29, 1.82) is 0 Å². The monoisotopic (exact) mass is 197 g/mol. The van der Waals surface area contributed by atoms with Crippen LogP contribution in [0.3, 0.4) is 0 Å². The van der Waals surface area contributed by atoms with E-state index in [4.69, 9.17) is 16.2 Å². The molecule has 1 rings (SSSR count). The third kappa shape index (κ3) is 1.79. The maximum atomic E-state index is 10.6. The number of azide groups is 1. The van der Waals surface area contributed by atoms with Gasteiger partial charge in [-0.3, -0.25) is 0 Å². The Balaban J connectivity index is 2.89. The van der Waals surface area contributed by atoms with Gasteiger partial charge in [0.05, 0.1) is 0 Å². The molecule has 9 heteroatoms. The van der Waals surface area contributed by atoms with Crippen LogP contribution in [0.4, 0.5) is 4.79 Å². The third-order valence-electron chi connectivity index (χ3n) is 1.96. The number of carbonyl (C=O) groups is 1. The lowest BCUT2D eigenvalue weighted by atomic mass is 10.2. The Kier molecular flexibility index (Phi) is 2.66. The van der Waals surface area contributed by atoms with Crippen molar-refractivity contribution in [2.24, 2.45) is 10.2 Å².